The van der Waals surface area contributed by atoms with Crippen LogP contribution < -0.4 is 10.1 Å². The Morgan fingerprint density at radius 3 is 2.70 bits per heavy atom. The summed E-state index contributed by atoms with van der Waals surface area (Å²) in [4.78, 5) is 20.6. The molecule has 4 heterocycles. The van der Waals surface area contributed by atoms with Crippen molar-refractivity contribution in [3.05, 3.63) is 83.9 Å². The van der Waals surface area contributed by atoms with Gasteiger partial charge in [0.2, 0.25) is 0 Å². The largest absolute Gasteiger partial charge is 0.493 e. The molecule has 4 aromatic rings. The van der Waals surface area contributed by atoms with E-state index in [1.165, 1.54) is 30.7 Å². The number of hydrogen-bond donors (Lipinski definition) is 1. The number of ether oxygens (including phenoxy) is 1. The van der Waals surface area contributed by atoms with Crippen LogP contribution in [-0.4, -0.2) is 32.3 Å². The third kappa shape index (κ3) is 4.14. The van der Waals surface area contributed by atoms with Gasteiger partial charge in [-0.3, -0.25) is 9.78 Å². The van der Waals surface area contributed by atoms with Crippen molar-refractivity contribution in [1.82, 2.24) is 19.7 Å². The van der Waals surface area contributed by atoms with Gasteiger partial charge in [-0.05, 0) is 54.1 Å². The fourth-order valence-corrected chi connectivity index (χ4v) is 3.54. The van der Waals surface area contributed by atoms with Crippen LogP contribution >= 0.6 is 0 Å². The number of halogens is 3. The molecule has 0 bridgehead atoms. The van der Waals surface area contributed by atoms with Crippen LogP contribution in [0, 0.1) is 0 Å². The number of amides is 1. The van der Waals surface area contributed by atoms with Crippen molar-refractivity contribution in [3.63, 3.8) is 0 Å². The first-order chi connectivity index (χ1) is 15.9. The number of anilines is 1. The summed E-state index contributed by atoms with van der Waals surface area (Å²) >= 11 is 0. The minimum atomic E-state index is -4.63. The highest BCUT2D eigenvalue weighted by Crippen LogP contribution is 2.34. The normalized spacial score (nSPS) is 12.8. The van der Waals surface area contributed by atoms with Crippen molar-refractivity contribution < 1.29 is 22.7 Å². The number of aromatic nitrogens is 4. The number of fused-ring (bicyclic) bond motifs is 1. The molecule has 0 saturated heterocycles. The summed E-state index contributed by atoms with van der Waals surface area (Å²) in [7, 11) is 0. The van der Waals surface area contributed by atoms with Crippen LogP contribution in [0.5, 0.6) is 5.75 Å². The lowest BCUT2D eigenvalue weighted by Crippen LogP contribution is -2.15. The van der Waals surface area contributed by atoms with Crippen LogP contribution in [-0.2, 0) is 12.6 Å². The summed E-state index contributed by atoms with van der Waals surface area (Å²) in [5, 5.41) is 6.76. The first-order valence-corrected chi connectivity index (χ1v) is 10.00. The van der Waals surface area contributed by atoms with Gasteiger partial charge in [0.15, 0.2) is 0 Å². The molecule has 7 nitrogen and oxygen atoms in total. The Hall–Kier alpha value is -4.21. The standard InChI is InChI=1S/C23H16F3N5O2/c24-23(25,26)20-11-18(16-2-1-8-27-12-16)30-31(20)17-4-6-21(28-13-17)29-22(32)15-3-5-19-14(10-15)7-9-33-19/h1-6,8,10-13H,7,9H2,(H,28,29,32). The average Bonchev–Trinajstić information content (AvgIpc) is 3.47. The minimum Gasteiger partial charge on any atom is -0.493 e. The predicted octanol–water partition coefficient (Wildman–Crippen LogP) is 4.54. The van der Waals surface area contributed by atoms with Gasteiger partial charge in [-0.25, -0.2) is 9.67 Å². The van der Waals surface area contributed by atoms with E-state index in [1.807, 2.05) is 0 Å². The van der Waals surface area contributed by atoms with Crippen molar-refractivity contribution in [2.24, 2.45) is 0 Å². The number of carbonyl (C=O) groups excluding carboxylic acids is 1. The Balaban J connectivity index is 1.40. The van der Waals surface area contributed by atoms with E-state index in [0.717, 1.165) is 28.5 Å². The molecule has 0 radical (unpaired) electrons. The molecule has 1 aromatic carbocycles. The number of rotatable bonds is 4. The van der Waals surface area contributed by atoms with Crippen LogP contribution in [0.2, 0.25) is 0 Å². The summed E-state index contributed by atoms with van der Waals surface area (Å²) in [6.07, 6.45) is 0.294. The maximum atomic E-state index is 13.6. The van der Waals surface area contributed by atoms with E-state index in [9.17, 15) is 18.0 Å². The zero-order valence-corrected chi connectivity index (χ0v) is 17.0. The Morgan fingerprint density at radius 2 is 1.97 bits per heavy atom. The summed E-state index contributed by atoms with van der Waals surface area (Å²) in [6.45, 7) is 0.583. The Morgan fingerprint density at radius 1 is 1.09 bits per heavy atom. The molecule has 0 saturated carbocycles. The number of pyridine rings is 2. The summed E-state index contributed by atoms with van der Waals surface area (Å²) in [5.41, 5.74) is 1.14. The molecule has 0 fully saturated rings. The number of nitrogens with one attached hydrogen (secondary N) is 1. The number of nitrogens with zero attached hydrogens (tertiary/aromatic N) is 4. The maximum Gasteiger partial charge on any atom is 0.433 e. The number of alkyl halides is 3. The molecule has 5 rings (SSSR count). The second-order valence-electron chi connectivity index (χ2n) is 7.34. The van der Waals surface area contributed by atoms with Gasteiger partial charge in [-0.15, -0.1) is 0 Å². The Bertz CT molecular complexity index is 1320. The highest BCUT2D eigenvalue weighted by Gasteiger charge is 2.36. The smallest absolute Gasteiger partial charge is 0.433 e. The van der Waals surface area contributed by atoms with Gasteiger partial charge in [-0.1, -0.05) is 0 Å². The van der Waals surface area contributed by atoms with E-state index < -0.39 is 11.9 Å². The van der Waals surface area contributed by atoms with Crippen LogP contribution in [0.4, 0.5) is 19.0 Å². The number of benzene rings is 1. The van der Waals surface area contributed by atoms with Gasteiger partial charge in [0.25, 0.3) is 5.91 Å². The van der Waals surface area contributed by atoms with Gasteiger partial charge in [0.1, 0.15) is 17.3 Å². The molecule has 1 aliphatic heterocycles. The topological polar surface area (TPSA) is 81.9 Å². The second-order valence-corrected chi connectivity index (χ2v) is 7.34. The quantitative estimate of drug-likeness (QED) is 0.493. The molecule has 0 unspecified atom stereocenters. The fourth-order valence-electron chi connectivity index (χ4n) is 3.54. The highest BCUT2D eigenvalue weighted by atomic mass is 19.4. The van der Waals surface area contributed by atoms with Crippen molar-refractivity contribution >= 4 is 11.7 Å². The van der Waals surface area contributed by atoms with E-state index >= 15 is 0 Å². The molecule has 33 heavy (non-hydrogen) atoms. The molecule has 10 heteroatoms. The first kappa shape index (κ1) is 20.7. The molecule has 0 aliphatic carbocycles. The molecule has 166 valence electrons. The van der Waals surface area contributed by atoms with Crippen molar-refractivity contribution in [2.45, 2.75) is 12.6 Å². The highest BCUT2D eigenvalue weighted by molar-refractivity contribution is 6.04. The lowest BCUT2D eigenvalue weighted by Gasteiger charge is -2.11. The van der Waals surface area contributed by atoms with E-state index in [4.69, 9.17) is 4.74 Å². The summed E-state index contributed by atoms with van der Waals surface area (Å²) in [6, 6.07) is 12.2. The van der Waals surface area contributed by atoms with E-state index in [2.05, 4.69) is 20.4 Å². The first-order valence-electron chi connectivity index (χ1n) is 10.00. The fraction of sp³-hybridized carbons (Fsp3) is 0.130. The minimum absolute atomic E-state index is 0.102. The Kier molecular flexibility index (Phi) is 5.04. The Labute approximate surface area is 185 Å². The third-order valence-corrected chi connectivity index (χ3v) is 5.14. The van der Waals surface area contributed by atoms with Crippen molar-refractivity contribution in [3.8, 4) is 22.7 Å². The lowest BCUT2D eigenvalue weighted by atomic mass is 10.1. The second kappa shape index (κ2) is 8.05. The lowest BCUT2D eigenvalue weighted by molar-refractivity contribution is -0.142. The van der Waals surface area contributed by atoms with E-state index in [1.54, 1.807) is 30.3 Å². The third-order valence-electron chi connectivity index (χ3n) is 5.14. The zero-order valence-electron chi connectivity index (χ0n) is 17.0. The number of hydrogen-bond acceptors (Lipinski definition) is 5. The summed E-state index contributed by atoms with van der Waals surface area (Å²) in [5.74, 6) is 0.590. The van der Waals surface area contributed by atoms with E-state index in [-0.39, 0.29) is 23.1 Å². The molecular formula is C23H16F3N5O2. The van der Waals surface area contributed by atoms with Gasteiger partial charge >= 0.3 is 6.18 Å². The van der Waals surface area contributed by atoms with Gasteiger partial charge in [-0.2, -0.15) is 18.3 Å². The van der Waals surface area contributed by atoms with Crippen LogP contribution in [0.25, 0.3) is 16.9 Å². The monoisotopic (exact) mass is 451 g/mol. The van der Waals surface area contributed by atoms with Crippen molar-refractivity contribution in [2.75, 3.05) is 11.9 Å². The zero-order chi connectivity index (χ0) is 23.0. The molecule has 0 atom stereocenters. The molecule has 1 aliphatic rings. The molecule has 1 N–H and O–H groups in total. The molecule has 3 aromatic heterocycles. The van der Waals surface area contributed by atoms with Crippen LogP contribution in [0.3, 0.4) is 0 Å². The summed E-state index contributed by atoms with van der Waals surface area (Å²) < 4.78 is 47.1. The van der Waals surface area contributed by atoms with E-state index in [0.29, 0.717) is 17.7 Å². The average molecular weight is 451 g/mol. The van der Waals surface area contributed by atoms with Gasteiger partial charge in [0, 0.05) is 29.9 Å². The predicted molar refractivity (Wildman–Crippen MR) is 113 cm³/mol. The van der Waals surface area contributed by atoms with Crippen LogP contribution in [0.15, 0.2) is 67.1 Å². The molecular weight excluding hydrogens is 435 g/mol. The molecule has 1 amide bonds. The van der Waals surface area contributed by atoms with Crippen molar-refractivity contribution in [1.29, 1.82) is 0 Å². The van der Waals surface area contributed by atoms with Gasteiger partial charge < -0.3 is 10.1 Å². The van der Waals surface area contributed by atoms with Crippen LogP contribution in [0.1, 0.15) is 21.6 Å². The SMILES string of the molecule is O=C(Nc1ccc(-n2nc(-c3cccnc3)cc2C(F)(F)F)cn1)c1ccc2c(c1)CCO2. The number of carbonyl (C=O) groups is 1. The maximum absolute atomic E-state index is 13.6. The molecule has 0 spiro atoms. The van der Waals surface area contributed by atoms with Gasteiger partial charge in [0.05, 0.1) is 24.2 Å².